The summed E-state index contributed by atoms with van der Waals surface area (Å²) >= 11 is 0. The van der Waals surface area contributed by atoms with Gasteiger partial charge in [-0.2, -0.15) is 0 Å². The van der Waals surface area contributed by atoms with Crippen molar-refractivity contribution in [3.05, 3.63) is 23.8 Å². The highest BCUT2D eigenvalue weighted by molar-refractivity contribution is 5.97. The number of ether oxygens (including phenoxy) is 3. The van der Waals surface area contributed by atoms with Gasteiger partial charge in [0.2, 0.25) is 0 Å². The number of benzene rings is 1. The molecule has 5 nitrogen and oxygen atoms in total. The standard InChI is InChI=1S/C15H20O5/c1-10(11(2)16)15(17)20-8-7-12-5-6-13(18-3)14(9-12)19-4/h5-6,9-10H,7-8H2,1-4H3. The van der Waals surface area contributed by atoms with E-state index in [1.54, 1.807) is 27.2 Å². The van der Waals surface area contributed by atoms with E-state index in [-0.39, 0.29) is 12.4 Å². The van der Waals surface area contributed by atoms with Crippen LogP contribution in [0.25, 0.3) is 0 Å². The molecule has 0 aromatic heterocycles. The van der Waals surface area contributed by atoms with Crippen molar-refractivity contribution >= 4 is 11.8 Å². The summed E-state index contributed by atoms with van der Waals surface area (Å²) in [5.41, 5.74) is 0.964. The predicted molar refractivity (Wildman–Crippen MR) is 74.1 cm³/mol. The molecule has 1 aromatic rings. The first-order valence-electron chi connectivity index (χ1n) is 6.37. The normalized spacial score (nSPS) is 11.6. The Morgan fingerprint density at radius 3 is 2.35 bits per heavy atom. The third kappa shape index (κ3) is 4.26. The molecule has 1 atom stereocenters. The zero-order chi connectivity index (χ0) is 15.1. The zero-order valence-corrected chi connectivity index (χ0v) is 12.3. The molecule has 0 fully saturated rings. The van der Waals surface area contributed by atoms with Crippen LogP contribution >= 0.6 is 0 Å². The highest BCUT2D eigenvalue weighted by Gasteiger charge is 2.18. The monoisotopic (exact) mass is 280 g/mol. The van der Waals surface area contributed by atoms with Crippen molar-refractivity contribution in [2.45, 2.75) is 20.3 Å². The third-order valence-electron chi connectivity index (χ3n) is 3.05. The second-order valence-electron chi connectivity index (χ2n) is 4.44. The number of carbonyl (C=O) groups excluding carboxylic acids is 2. The van der Waals surface area contributed by atoms with E-state index >= 15 is 0 Å². The number of carbonyl (C=O) groups is 2. The minimum atomic E-state index is -0.708. The molecule has 0 saturated carbocycles. The molecule has 110 valence electrons. The van der Waals surface area contributed by atoms with Gasteiger partial charge in [0, 0.05) is 6.42 Å². The Morgan fingerprint density at radius 2 is 1.80 bits per heavy atom. The summed E-state index contributed by atoms with van der Waals surface area (Å²) in [5, 5.41) is 0. The lowest BCUT2D eigenvalue weighted by Crippen LogP contribution is -2.22. The number of hydrogen-bond acceptors (Lipinski definition) is 5. The molecule has 0 heterocycles. The second kappa shape index (κ2) is 7.53. The Hall–Kier alpha value is -2.04. The fourth-order valence-corrected chi connectivity index (χ4v) is 1.60. The quantitative estimate of drug-likeness (QED) is 0.565. The van der Waals surface area contributed by atoms with E-state index in [0.717, 1.165) is 5.56 Å². The lowest BCUT2D eigenvalue weighted by molar-refractivity contribution is -0.150. The van der Waals surface area contributed by atoms with Gasteiger partial charge in [-0.15, -0.1) is 0 Å². The van der Waals surface area contributed by atoms with Gasteiger partial charge in [0.25, 0.3) is 0 Å². The minimum absolute atomic E-state index is 0.193. The molecule has 0 N–H and O–H groups in total. The maximum atomic E-state index is 11.5. The van der Waals surface area contributed by atoms with E-state index < -0.39 is 11.9 Å². The van der Waals surface area contributed by atoms with Gasteiger partial charge in [-0.3, -0.25) is 9.59 Å². The van der Waals surface area contributed by atoms with Gasteiger partial charge in [-0.1, -0.05) is 6.07 Å². The molecule has 5 heteroatoms. The van der Waals surface area contributed by atoms with E-state index in [2.05, 4.69) is 0 Å². The lowest BCUT2D eigenvalue weighted by Gasteiger charge is -2.11. The predicted octanol–water partition coefficient (Wildman–Crippen LogP) is 2.01. The van der Waals surface area contributed by atoms with Crippen molar-refractivity contribution in [1.82, 2.24) is 0 Å². The molecule has 0 aliphatic carbocycles. The molecule has 0 aliphatic heterocycles. The first-order chi connectivity index (χ1) is 9.49. The van der Waals surface area contributed by atoms with Gasteiger partial charge in [0.1, 0.15) is 11.7 Å². The first kappa shape index (κ1) is 16.0. The number of ketones is 1. The molecule has 0 aliphatic rings. The average molecular weight is 280 g/mol. The van der Waals surface area contributed by atoms with E-state index in [1.807, 2.05) is 12.1 Å². The highest BCUT2D eigenvalue weighted by atomic mass is 16.5. The first-order valence-corrected chi connectivity index (χ1v) is 6.37. The van der Waals surface area contributed by atoms with Crippen molar-refractivity contribution in [3.8, 4) is 11.5 Å². The fraction of sp³-hybridized carbons (Fsp3) is 0.467. The molecule has 0 amide bonds. The van der Waals surface area contributed by atoms with E-state index in [4.69, 9.17) is 14.2 Å². The van der Waals surface area contributed by atoms with Crippen LogP contribution in [0.1, 0.15) is 19.4 Å². The number of methoxy groups -OCH3 is 2. The summed E-state index contributed by atoms with van der Waals surface area (Å²) in [6.45, 7) is 3.15. The Kier molecular flexibility index (Phi) is 6.03. The molecular formula is C15H20O5. The summed E-state index contributed by atoms with van der Waals surface area (Å²) < 4.78 is 15.4. The molecule has 0 spiro atoms. The Balaban J connectivity index is 2.54. The molecule has 1 aromatic carbocycles. The smallest absolute Gasteiger partial charge is 0.316 e. The minimum Gasteiger partial charge on any atom is -0.493 e. The van der Waals surface area contributed by atoms with Gasteiger partial charge in [-0.05, 0) is 31.5 Å². The van der Waals surface area contributed by atoms with E-state index in [0.29, 0.717) is 17.9 Å². The molecule has 0 saturated heterocycles. The van der Waals surface area contributed by atoms with E-state index in [9.17, 15) is 9.59 Å². The summed E-state index contributed by atoms with van der Waals surface area (Å²) in [7, 11) is 3.14. The van der Waals surface area contributed by atoms with Gasteiger partial charge in [-0.25, -0.2) is 0 Å². The van der Waals surface area contributed by atoms with Crippen LogP contribution < -0.4 is 9.47 Å². The Bertz CT molecular complexity index is 481. The summed E-state index contributed by atoms with van der Waals surface area (Å²) in [4.78, 5) is 22.6. The van der Waals surface area contributed by atoms with Crippen LogP contribution in [-0.2, 0) is 20.7 Å². The molecule has 0 bridgehead atoms. The van der Waals surface area contributed by atoms with Crippen LogP contribution in [-0.4, -0.2) is 32.6 Å². The summed E-state index contributed by atoms with van der Waals surface area (Å²) in [5.74, 6) is -0.105. The van der Waals surface area contributed by atoms with Crippen LogP contribution in [0.5, 0.6) is 11.5 Å². The number of esters is 1. The van der Waals surface area contributed by atoms with Crippen LogP contribution in [0.2, 0.25) is 0 Å². The van der Waals surface area contributed by atoms with Crippen molar-refractivity contribution in [2.75, 3.05) is 20.8 Å². The van der Waals surface area contributed by atoms with Gasteiger partial charge >= 0.3 is 5.97 Å². The SMILES string of the molecule is COc1ccc(CCOC(=O)C(C)C(C)=O)cc1OC. The van der Waals surface area contributed by atoms with Gasteiger partial charge in [0.05, 0.1) is 20.8 Å². The van der Waals surface area contributed by atoms with Crippen molar-refractivity contribution in [3.63, 3.8) is 0 Å². The maximum absolute atomic E-state index is 11.5. The summed E-state index contributed by atoms with van der Waals surface area (Å²) in [6.07, 6.45) is 0.552. The fourth-order valence-electron chi connectivity index (χ4n) is 1.60. The van der Waals surface area contributed by atoms with Crippen LogP contribution in [0.3, 0.4) is 0 Å². The van der Waals surface area contributed by atoms with Crippen LogP contribution in [0, 0.1) is 5.92 Å². The molecular weight excluding hydrogens is 260 g/mol. The van der Waals surface area contributed by atoms with Gasteiger partial charge in [0.15, 0.2) is 11.5 Å². The van der Waals surface area contributed by atoms with Crippen molar-refractivity contribution < 1.29 is 23.8 Å². The van der Waals surface area contributed by atoms with Crippen LogP contribution in [0.4, 0.5) is 0 Å². The number of Topliss-reactive ketones (excluding diaryl/α,β-unsaturated/α-hetero) is 1. The van der Waals surface area contributed by atoms with Crippen LogP contribution in [0.15, 0.2) is 18.2 Å². The topological polar surface area (TPSA) is 61.8 Å². The third-order valence-corrected chi connectivity index (χ3v) is 3.05. The highest BCUT2D eigenvalue weighted by Crippen LogP contribution is 2.27. The summed E-state index contributed by atoms with van der Waals surface area (Å²) in [6, 6.07) is 5.51. The Morgan fingerprint density at radius 1 is 1.15 bits per heavy atom. The largest absolute Gasteiger partial charge is 0.493 e. The number of rotatable bonds is 7. The molecule has 1 rings (SSSR count). The molecule has 1 unspecified atom stereocenters. The van der Waals surface area contributed by atoms with Gasteiger partial charge < -0.3 is 14.2 Å². The van der Waals surface area contributed by atoms with Crippen molar-refractivity contribution in [1.29, 1.82) is 0 Å². The van der Waals surface area contributed by atoms with E-state index in [1.165, 1.54) is 6.92 Å². The second-order valence-corrected chi connectivity index (χ2v) is 4.44. The average Bonchev–Trinajstić information content (AvgIpc) is 2.45. The maximum Gasteiger partial charge on any atom is 0.316 e. The Labute approximate surface area is 118 Å². The lowest BCUT2D eigenvalue weighted by atomic mass is 10.1. The van der Waals surface area contributed by atoms with Crippen molar-refractivity contribution in [2.24, 2.45) is 5.92 Å². The molecule has 0 radical (unpaired) electrons. The number of hydrogen-bond donors (Lipinski definition) is 0. The molecule has 20 heavy (non-hydrogen) atoms. The zero-order valence-electron chi connectivity index (χ0n) is 12.3.